The van der Waals surface area contributed by atoms with Gasteiger partial charge in [-0.25, -0.2) is 0 Å². The maximum Gasteiger partial charge on any atom is 0.187 e. The van der Waals surface area contributed by atoms with E-state index in [0.29, 0.717) is 12.3 Å². The molecule has 3 rings (SSSR count). The molecule has 1 heterocycles. The van der Waals surface area contributed by atoms with E-state index in [9.17, 15) is 25.5 Å². The van der Waals surface area contributed by atoms with Crippen LogP contribution in [0.5, 0.6) is 0 Å². The van der Waals surface area contributed by atoms with Crippen LogP contribution >= 0.6 is 0 Å². The molecule has 0 amide bonds. The second-order valence-electron chi connectivity index (χ2n) is 8.90. The molecule has 1 saturated heterocycles. The summed E-state index contributed by atoms with van der Waals surface area (Å²) in [5, 5.41) is 49.6. The number of rotatable bonds is 5. The summed E-state index contributed by atoms with van der Waals surface area (Å²) in [5.74, 6) is 0.538. The van der Waals surface area contributed by atoms with Crippen LogP contribution in [-0.4, -0.2) is 75.6 Å². The first-order valence-electron chi connectivity index (χ1n) is 10.1. The van der Waals surface area contributed by atoms with Gasteiger partial charge in [-0.2, -0.15) is 0 Å². The lowest BCUT2D eigenvalue weighted by atomic mass is 9.56. The maximum atomic E-state index is 10.5. The Balaban J connectivity index is 1.58. The van der Waals surface area contributed by atoms with Crippen LogP contribution in [0.1, 0.15) is 39.5 Å². The van der Waals surface area contributed by atoms with Crippen molar-refractivity contribution in [2.45, 2.75) is 76.3 Å². The lowest BCUT2D eigenvalue weighted by molar-refractivity contribution is -0.299. The molecule has 0 bridgehead atoms. The highest BCUT2D eigenvalue weighted by Crippen LogP contribution is 2.53. The maximum absolute atomic E-state index is 10.5. The molecule has 0 radical (unpaired) electrons. The fourth-order valence-electron chi connectivity index (χ4n) is 5.03. The smallest absolute Gasteiger partial charge is 0.187 e. The van der Waals surface area contributed by atoms with Crippen molar-refractivity contribution in [2.24, 2.45) is 17.3 Å². The molecule has 9 unspecified atom stereocenters. The molecule has 3 aliphatic rings. The third kappa shape index (κ3) is 3.94. The third-order valence-electron chi connectivity index (χ3n) is 7.18. The molecule has 0 aromatic rings. The van der Waals surface area contributed by atoms with Gasteiger partial charge in [0.2, 0.25) is 0 Å². The van der Waals surface area contributed by atoms with E-state index in [1.54, 1.807) is 0 Å². The highest BCUT2D eigenvalue weighted by molar-refractivity contribution is 5.20. The van der Waals surface area contributed by atoms with Gasteiger partial charge in [0.15, 0.2) is 6.29 Å². The monoisotopic (exact) mass is 398 g/mol. The Morgan fingerprint density at radius 3 is 2.64 bits per heavy atom. The predicted molar refractivity (Wildman–Crippen MR) is 102 cm³/mol. The van der Waals surface area contributed by atoms with E-state index in [1.807, 2.05) is 0 Å². The molecule has 0 aromatic heterocycles. The van der Waals surface area contributed by atoms with E-state index in [2.05, 4.69) is 26.5 Å². The van der Waals surface area contributed by atoms with Crippen LogP contribution in [0.15, 0.2) is 23.8 Å². The van der Waals surface area contributed by atoms with Crippen molar-refractivity contribution in [3.05, 3.63) is 23.8 Å². The van der Waals surface area contributed by atoms with E-state index in [0.717, 1.165) is 24.8 Å². The van der Waals surface area contributed by atoms with E-state index in [4.69, 9.17) is 9.47 Å². The normalized spacial score (nSPS) is 46.6. The summed E-state index contributed by atoms with van der Waals surface area (Å²) in [5.41, 5.74) is 2.10. The first-order valence-corrected chi connectivity index (χ1v) is 10.1. The number of hydrogen-bond donors (Lipinski definition) is 5. The molecule has 0 aromatic carbocycles. The Kier molecular flexibility index (Phi) is 6.66. The topological polar surface area (TPSA) is 120 Å². The zero-order valence-corrected chi connectivity index (χ0v) is 16.7. The van der Waals surface area contributed by atoms with Gasteiger partial charge in [-0.1, -0.05) is 25.2 Å². The minimum Gasteiger partial charge on any atom is -0.394 e. The van der Waals surface area contributed by atoms with Crippen LogP contribution in [0.2, 0.25) is 0 Å². The predicted octanol–water partition coefficient (Wildman–Crippen LogP) is 0.493. The summed E-state index contributed by atoms with van der Waals surface area (Å²) < 4.78 is 11.0. The van der Waals surface area contributed by atoms with Crippen molar-refractivity contribution in [3.63, 3.8) is 0 Å². The summed E-state index contributed by atoms with van der Waals surface area (Å²) >= 11 is 0. The van der Waals surface area contributed by atoms with Crippen LogP contribution in [0, 0.1) is 17.3 Å². The van der Waals surface area contributed by atoms with Crippen molar-refractivity contribution in [3.8, 4) is 0 Å². The van der Waals surface area contributed by atoms with E-state index in [1.165, 1.54) is 5.57 Å². The molecule has 2 fully saturated rings. The summed E-state index contributed by atoms with van der Waals surface area (Å²) in [6.45, 7) is 8.13. The van der Waals surface area contributed by atoms with Crippen molar-refractivity contribution in [2.75, 3.05) is 13.2 Å². The van der Waals surface area contributed by atoms with E-state index in [-0.39, 0.29) is 24.0 Å². The minimum absolute atomic E-state index is 0.103. The Morgan fingerprint density at radius 2 is 1.96 bits per heavy atom. The highest BCUT2D eigenvalue weighted by atomic mass is 16.7. The van der Waals surface area contributed by atoms with Crippen LogP contribution in [0.3, 0.4) is 0 Å². The average Bonchev–Trinajstić information content (AvgIpc) is 2.68. The van der Waals surface area contributed by atoms with Crippen molar-refractivity contribution in [1.82, 2.24) is 0 Å². The zero-order valence-electron chi connectivity index (χ0n) is 16.7. The van der Waals surface area contributed by atoms with Gasteiger partial charge in [0.1, 0.15) is 24.4 Å². The van der Waals surface area contributed by atoms with Crippen LogP contribution in [0.25, 0.3) is 0 Å². The van der Waals surface area contributed by atoms with Crippen LogP contribution in [0.4, 0.5) is 0 Å². The average molecular weight is 398 g/mol. The largest absolute Gasteiger partial charge is 0.394 e. The van der Waals surface area contributed by atoms with Crippen LogP contribution < -0.4 is 0 Å². The number of aliphatic hydroxyl groups is 5. The summed E-state index contributed by atoms with van der Waals surface area (Å²) in [6.07, 6.45) is -1.13. The molecule has 2 aliphatic carbocycles. The number of allylic oxidation sites excluding steroid dienone is 1. The highest BCUT2D eigenvalue weighted by Gasteiger charge is 2.48. The molecule has 0 spiro atoms. The van der Waals surface area contributed by atoms with Gasteiger partial charge in [0, 0.05) is 5.41 Å². The van der Waals surface area contributed by atoms with Gasteiger partial charge in [-0.05, 0) is 50.0 Å². The molecule has 28 heavy (non-hydrogen) atoms. The zero-order chi connectivity index (χ0) is 20.6. The first-order chi connectivity index (χ1) is 13.2. The molecule has 7 nitrogen and oxygen atoms in total. The summed E-state index contributed by atoms with van der Waals surface area (Å²) in [7, 11) is 0. The SMILES string of the molecule is C=C(COC1OC(CO)C(O)C(O)C1O)C1CCC2(C)C(O)CC=C(C)C2C1. The minimum atomic E-state index is -1.45. The third-order valence-corrected chi connectivity index (χ3v) is 7.18. The van der Waals surface area contributed by atoms with Gasteiger partial charge in [-0.15, -0.1) is 0 Å². The molecule has 1 aliphatic heterocycles. The molecule has 9 atom stereocenters. The second kappa shape index (κ2) is 8.52. The lowest BCUT2D eigenvalue weighted by Gasteiger charge is -2.50. The van der Waals surface area contributed by atoms with Gasteiger partial charge in [0.25, 0.3) is 0 Å². The van der Waals surface area contributed by atoms with E-state index >= 15 is 0 Å². The van der Waals surface area contributed by atoms with Crippen molar-refractivity contribution < 1.29 is 35.0 Å². The fourth-order valence-corrected chi connectivity index (χ4v) is 5.03. The molecular formula is C21H34O7. The van der Waals surface area contributed by atoms with Crippen LogP contribution in [-0.2, 0) is 9.47 Å². The van der Waals surface area contributed by atoms with Crippen molar-refractivity contribution >= 4 is 0 Å². The number of ether oxygens (including phenoxy) is 2. The Bertz CT molecular complexity index is 604. The Morgan fingerprint density at radius 1 is 1.25 bits per heavy atom. The van der Waals surface area contributed by atoms with E-state index < -0.39 is 37.3 Å². The van der Waals surface area contributed by atoms with Crippen molar-refractivity contribution in [1.29, 1.82) is 0 Å². The first kappa shape index (κ1) is 21.9. The molecule has 5 N–H and O–H groups in total. The molecule has 7 heteroatoms. The molecule has 160 valence electrons. The Labute approximate surface area is 166 Å². The number of fused-ring (bicyclic) bond motifs is 1. The summed E-state index contributed by atoms with van der Waals surface area (Å²) in [4.78, 5) is 0. The number of aliphatic hydroxyl groups excluding tert-OH is 5. The van der Waals surface area contributed by atoms with Gasteiger partial charge >= 0.3 is 0 Å². The quantitative estimate of drug-likeness (QED) is 0.428. The molecule has 1 saturated carbocycles. The standard InChI is InChI=1S/C21H34O7/c1-11-4-5-16(23)21(3)7-6-13(8-14(11)21)12(2)10-27-20-19(26)18(25)17(24)15(9-22)28-20/h4,13-20,22-26H,2,5-10H2,1,3H3. The van der Waals surface area contributed by atoms with Gasteiger partial charge in [-0.3, -0.25) is 0 Å². The van der Waals surface area contributed by atoms with Gasteiger partial charge < -0.3 is 35.0 Å². The Hall–Kier alpha value is -0.800. The second-order valence-corrected chi connectivity index (χ2v) is 8.90. The summed E-state index contributed by atoms with van der Waals surface area (Å²) in [6, 6.07) is 0. The number of hydrogen-bond acceptors (Lipinski definition) is 7. The fraction of sp³-hybridized carbons (Fsp3) is 0.810. The lowest BCUT2D eigenvalue weighted by Crippen LogP contribution is -2.59. The molecular weight excluding hydrogens is 364 g/mol. The van der Waals surface area contributed by atoms with Gasteiger partial charge in [0.05, 0.1) is 19.3 Å².